The maximum Gasteiger partial charge on any atom is 0.225 e. The Morgan fingerprint density at radius 3 is 2.87 bits per heavy atom. The second kappa shape index (κ2) is 9.34. The molecule has 0 saturated carbocycles. The molecule has 1 N–H and O–H groups in total. The molecule has 2 rings (SSSR count). The molecule has 124 valence electrons. The van der Waals surface area contributed by atoms with Gasteiger partial charge in [-0.2, -0.15) is 0 Å². The maximum atomic E-state index is 12.1. The molecule has 0 spiro atoms. The third kappa shape index (κ3) is 6.43. The summed E-state index contributed by atoms with van der Waals surface area (Å²) in [7, 11) is 4.12. The van der Waals surface area contributed by atoms with Gasteiger partial charge in [-0.25, -0.2) is 0 Å². The van der Waals surface area contributed by atoms with Crippen molar-refractivity contribution in [2.24, 2.45) is 5.92 Å². The van der Waals surface area contributed by atoms with Crippen molar-refractivity contribution < 1.29 is 4.79 Å². The number of hydrogen-bond donors (Lipinski definition) is 1. The number of hydrogen-bond acceptors (Lipinski definition) is 3. The number of piperidine rings is 1. The molecular formula is C19H27N3O. The Labute approximate surface area is 139 Å². The van der Waals surface area contributed by atoms with Crippen LogP contribution in [-0.4, -0.2) is 56.0 Å². The van der Waals surface area contributed by atoms with Crippen LogP contribution >= 0.6 is 0 Å². The number of benzene rings is 1. The molecular weight excluding hydrogens is 286 g/mol. The minimum Gasteiger partial charge on any atom is -0.345 e. The Bertz CT molecular complexity index is 547. The van der Waals surface area contributed by atoms with E-state index < -0.39 is 0 Å². The van der Waals surface area contributed by atoms with E-state index in [9.17, 15) is 4.79 Å². The van der Waals surface area contributed by atoms with Crippen molar-refractivity contribution in [1.82, 2.24) is 15.1 Å². The van der Waals surface area contributed by atoms with Crippen LogP contribution in [0.25, 0.3) is 0 Å². The molecule has 0 bridgehead atoms. The zero-order chi connectivity index (χ0) is 16.5. The number of likely N-dealkylation sites (tertiary alicyclic amines) is 1. The summed E-state index contributed by atoms with van der Waals surface area (Å²) in [4.78, 5) is 16.5. The highest BCUT2D eigenvalue weighted by Crippen LogP contribution is 2.14. The minimum absolute atomic E-state index is 0.122. The summed E-state index contributed by atoms with van der Waals surface area (Å²) in [5.74, 6) is 6.43. The number of nitrogens with one attached hydrogen (secondary N) is 1. The average molecular weight is 313 g/mol. The molecule has 1 amide bonds. The summed E-state index contributed by atoms with van der Waals surface area (Å²) in [5.41, 5.74) is 1.28. The van der Waals surface area contributed by atoms with Crippen molar-refractivity contribution >= 4 is 5.91 Å². The normalized spacial score (nSPS) is 18.3. The van der Waals surface area contributed by atoms with Gasteiger partial charge in [-0.3, -0.25) is 9.69 Å². The van der Waals surface area contributed by atoms with Crippen LogP contribution in [0.3, 0.4) is 0 Å². The van der Waals surface area contributed by atoms with Crippen LogP contribution in [-0.2, 0) is 11.3 Å². The lowest BCUT2D eigenvalue weighted by atomic mass is 9.98. The molecule has 1 atom stereocenters. The van der Waals surface area contributed by atoms with Gasteiger partial charge in [0.2, 0.25) is 5.91 Å². The Kier molecular flexibility index (Phi) is 7.12. The molecule has 4 heteroatoms. The molecule has 1 aromatic rings. The molecule has 1 unspecified atom stereocenters. The topological polar surface area (TPSA) is 35.6 Å². The van der Waals surface area contributed by atoms with Gasteiger partial charge < -0.3 is 10.2 Å². The number of carbonyl (C=O) groups is 1. The van der Waals surface area contributed by atoms with Crippen molar-refractivity contribution in [2.75, 3.05) is 40.3 Å². The number of amides is 1. The summed E-state index contributed by atoms with van der Waals surface area (Å²) in [6.07, 6.45) is 2.09. The van der Waals surface area contributed by atoms with E-state index in [1.807, 2.05) is 18.2 Å². The van der Waals surface area contributed by atoms with E-state index in [-0.39, 0.29) is 11.8 Å². The number of carbonyl (C=O) groups excluding carboxylic acids is 1. The largest absolute Gasteiger partial charge is 0.345 e. The van der Waals surface area contributed by atoms with Crippen molar-refractivity contribution in [3.63, 3.8) is 0 Å². The number of rotatable bonds is 5. The smallest absolute Gasteiger partial charge is 0.225 e. The second-order valence-corrected chi connectivity index (χ2v) is 6.33. The fourth-order valence-electron chi connectivity index (χ4n) is 2.86. The van der Waals surface area contributed by atoms with Crippen LogP contribution in [0.5, 0.6) is 0 Å². The first-order chi connectivity index (χ1) is 11.1. The third-order valence-electron chi connectivity index (χ3n) is 4.12. The quantitative estimate of drug-likeness (QED) is 0.839. The zero-order valence-corrected chi connectivity index (χ0v) is 14.2. The molecule has 23 heavy (non-hydrogen) atoms. The van der Waals surface area contributed by atoms with Crippen LogP contribution < -0.4 is 5.32 Å². The molecule has 1 aliphatic heterocycles. The lowest BCUT2D eigenvalue weighted by Crippen LogP contribution is -2.41. The van der Waals surface area contributed by atoms with Crippen LogP contribution in [0.4, 0.5) is 0 Å². The highest BCUT2D eigenvalue weighted by molar-refractivity contribution is 5.79. The van der Waals surface area contributed by atoms with E-state index in [2.05, 4.69) is 53.2 Å². The molecule has 0 aromatic heterocycles. The maximum absolute atomic E-state index is 12.1. The standard InChI is InChI=1S/C19H27N3O/c1-21(15-17-9-4-3-5-10-17)13-7-6-12-20-19(23)18-11-8-14-22(2)16-18/h3-5,9-10,18H,8,11-16H2,1-2H3,(H,20,23). The van der Waals surface area contributed by atoms with Gasteiger partial charge in [-0.1, -0.05) is 42.2 Å². The fraction of sp³-hybridized carbons (Fsp3) is 0.526. The molecule has 0 aliphatic carbocycles. The number of nitrogens with zero attached hydrogens (tertiary/aromatic N) is 2. The first-order valence-corrected chi connectivity index (χ1v) is 8.29. The highest BCUT2D eigenvalue weighted by Gasteiger charge is 2.23. The average Bonchev–Trinajstić information content (AvgIpc) is 2.55. The van der Waals surface area contributed by atoms with Gasteiger partial charge in [0, 0.05) is 13.1 Å². The van der Waals surface area contributed by atoms with Gasteiger partial charge >= 0.3 is 0 Å². The van der Waals surface area contributed by atoms with Crippen molar-refractivity contribution in [3.05, 3.63) is 35.9 Å². The molecule has 1 aromatic carbocycles. The Balaban J connectivity index is 1.64. The second-order valence-electron chi connectivity index (χ2n) is 6.33. The van der Waals surface area contributed by atoms with Crippen molar-refractivity contribution in [1.29, 1.82) is 0 Å². The van der Waals surface area contributed by atoms with Crippen LogP contribution in [0.1, 0.15) is 18.4 Å². The van der Waals surface area contributed by atoms with Crippen LogP contribution in [0, 0.1) is 17.8 Å². The zero-order valence-electron chi connectivity index (χ0n) is 14.2. The SMILES string of the molecule is CN(CC#CCNC(=O)C1CCCN(C)C1)Cc1ccccc1. The molecule has 1 saturated heterocycles. The summed E-state index contributed by atoms with van der Waals surface area (Å²) in [6.45, 7) is 3.99. The van der Waals surface area contributed by atoms with E-state index in [1.54, 1.807) is 0 Å². The van der Waals surface area contributed by atoms with Gasteiger partial charge in [0.25, 0.3) is 0 Å². The van der Waals surface area contributed by atoms with Gasteiger partial charge in [-0.15, -0.1) is 0 Å². The molecule has 1 aliphatic rings. The molecule has 0 radical (unpaired) electrons. The van der Waals surface area contributed by atoms with Crippen molar-refractivity contribution in [3.8, 4) is 11.8 Å². The Hall–Kier alpha value is -1.83. The predicted molar refractivity (Wildman–Crippen MR) is 93.8 cm³/mol. The molecule has 1 heterocycles. The monoisotopic (exact) mass is 313 g/mol. The minimum atomic E-state index is 0.122. The fourth-order valence-corrected chi connectivity index (χ4v) is 2.86. The lowest BCUT2D eigenvalue weighted by molar-refractivity contribution is -0.126. The predicted octanol–water partition coefficient (Wildman–Crippen LogP) is 1.58. The van der Waals surface area contributed by atoms with Crippen LogP contribution in [0.2, 0.25) is 0 Å². The van der Waals surface area contributed by atoms with E-state index >= 15 is 0 Å². The molecule has 1 fully saturated rings. The van der Waals surface area contributed by atoms with Gasteiger partial charge in [-0.05, 0) is 39.0 Å². The van der Waals surface area contributed by atoms with Gasteiger partial charge in [0.05, 0.1) is 19.0 Å². The first kappa shape index (κ1) is 17.5. The Morgan fingerprint density at radius 2 is 2.13 bits per heavy atom. The summed E-state index contributed by atoms with van der Waals surface area (Å²) in [5, 5.41) is 2.94. The summed E-state index contributed by atoms with van der Waals surface area (Å²) in [6, 6.07) is 10.4. The molecule has 4 nitrogen and oxygen atoms in total. The summed E-state index contributed by atoms with van der Waals surface area (Å²) < 4.78 is 0. The first-order valence-electron chi connectivity index (χ1n) is 8.29. The van der Waals surface area contributed by atoms with E-state index in [1.165, 1.54) is 5.56 Å². The van der Waals surface area contributed by atoms with E-state index in [0.29, 0.717) is 13.1 Å². The highest BCUT2D eigenvalue weighted by atomic mass is 16.1. The van der Waals surface area contributed by atoms with Crippen molar-refractivity contribution in [2.45, 2.75) is 19.4 Å². The third-order valence-corrected chi connectivity index (χ3v) is 4.12. The van der Waals surface area contributed by atoms with Gasteiger partial charge in [0.15, 0.2) is 0 Å². The van der Waals surface area contributed by atoms with E-state index in [0.717, 1.165) is 32.5 Å². The van der Waals surface area contributed by atoms with Gasteiger partial charge in [0.1, 0.15) is 0 Å². The Morgan fingerprint density at radius 1 is 1.35 bits per heavy atom. The van der Waals surface area contributed by atoms with Crippen LogP contribution in [0.15, 0.2) is 30.3 Å². The summed E-state index contributed by atoms with van der Waals surface area (Å²) >= 11 is 0. The lowest BCUT2D eigenvalue weighted by Gasteiger charge is -2.28. The van der Waals surface area contributed by atoms with E-state index in [4.69, 9.17) is 0 Å².